The van der Waals surface area contributed by atoms with Crippen LogP contribution in [0.3, 0.4) is 0 Å². The number of rotatable bonds is 2. The minimum Gasteiger partial charge on any atom is -0.497 e. The molecule has 1 aliphatic carbocycles. The Morgan fingerprint density at radius 3 is 2.77 bits per heavy atom. The van der Waals surface area contributed by atoms with Crippen molar-refractivity contribution >= 4 is 28.1 Å². The molecule has 0 saturated heterocycles. The first-order valence-electron chi connectivity index (χ1n) is 7.52. The number of fused-ring (bicyclic) bond motifs is 3. The first-order valence-corrected chi connectivity index (χ1v) is 8.63. The lowest BCUT2D eigenvalue weighted by Gasteiger charge is -2.28. The number of nitrogens with zero attached hydrogens (tertiary/aromatic N) is 3. The topological polar surface area (TPSA) is 64.4 Å². The Hall–Kier alpha value is -1.89. The van der Waals surface area contributed by atoms with Crippen molar-refractivity contribution in [1.29, 1.82) is 0 Å². The van der Waals surface area contributed by atoms with Crippen LogP contribution in [0, 0.1) is 0 Å². The Balaban J connectivity index is 1.78. The van der Waals surface area contributed by atoms with Gasteiger partial charge in [-0.2, -0.15) is 0 Å². The summed E-state index contributed by atoms with van der Waals surface area (Å²) < 4.78 is 20.9. The van der Waals surface area contributed by atoms with Crippen LogP contribution in [0.25, 0.3) is 11.0 Å². The Morgan fingerprint density at radius 1 is 1.27 bits per heavy atom. The van der Waals surface area contributed by atoms with Crippen molar-refractivity contribution in [3.05, 3.63) is 18.2 Å². The molecule has 0 radical (unpaired) electrons. The monoisotopic (exact) mass is 319 g/mol. The summed E-state index contributed by atoms with van der Waals surface area (Å²) in [5.41, 5.74) is 1.33. The van der Waals surface area contributed by atoms with Gasteiger partial charge in [-0.25, -0.2) is 22.9 Å². The number of benzene rings is 1. The van der Waals surface area contributed by atoms with Gasteiger partial charge in [-0.15, -0.1) is 0 Å². The lowest BCUT2D eigenvalue weighted by atomic mass is 9.96. The summed E-state index contributed by atoms with van der Waals surface area (Å²) in [4.78, 5) is 17.2. The lowest BCUT2D eigenvalue weighted by molar-refractivity contribution is 0.209. The molecule has 0 N–H and O–H groups in total. The fraction of sp³-hybridized carbons (Fsp3) is 0.467. The van der Waals surface area contributed by atoms with Crippen LogP contribution in [-0.4, -0.2) is 37.2 Å². The van der Waals surface area contributed by atoms with E-state index in [1.165, 1.54) is 15.3 Å². The minimum atomic E-state index is -1.51. The molecule has 4 rings (SSSR count). The molecule has 6 nitrogen and oxygen atoms in total. The second kappa shape index (κ2) is 5.08. The van der Waals surface area contributed by atoms with E-state index in [-0.39, 0.29) is 12.1 Å². The van der Waals surface area contributed by atoms with Crippen molar-refractivity contribution in [3.8, 4) is 5.75 Å². The van der Waals surface area contributed by atoms with Gasteiger partial charge < -0.3 is 4.74 Å². The molecular weight excluding hydrogens is 302 g/mol. The number of carbonyl (C=O) groups excluding carboxylic acids is 1. The van der Waals surface area contributed by atoms with E-state index in [0.29, 0.717) is 21.9 Å². The average Bonchev–Trinajstić information content (AvgIpc) is 3.04. The van der Waals surface area contributed by atoms with Gasteiger partial charge in [0, 0.05) is 12.1 Å². The molecule has 2 aliphatic rings. The molecule has 2 aromatic rings. The van der Waals surface area contributed by atoms with Crippen molar-refractivity contribution in [2.45, 2.75) is 43.3 Å². The van der Waals surface area contributed by atoms with Gasteiger partial charge in [-0.1, -0.05) is 19.3 Å². The minimum absolute atomic E-state index is 0.0667. The molecule has 1 amide bonds. The highest BCUT2D eigenvalue weighted by Crippen LogP contribution is 2.33. The van der Waals surface area contributed by atoms with Gasteiger partial charge in [-0.3, -0.25) is 0 Å². The molecule has 2 heterocycles. The molecule has 1 atom stereocenters. The highest BCUT2D eigenvalue weighted by molar-refractivity contribution is 7.83. The summed E-state index contributed by atoms with van der Waals surface area (Å²) >= 11 is 0. The predicted octanol–water partition coefficient (Wildman–Crippen LogP) is 2.68. The molecule has 7 heteroatoms. The largest absolute Gasteiger partial charge is 0.497 e. The van der Waals surface area contributed by atoms with E-state index in [1.807, 2.05) is 0 Å². The van der Waals surface area contributed by atoms with E-state index in [1.54, 1.807) is 25.3 Å². The average molecular weight is 319 g/mol. The third-order valence-corrected chi connectivity index (χ3v) is 5.85. The maximum Gasteiger partial charge on any atom is 0.343 e. The van der Waals surface area contributed by atoms with Gasteiger partial charge in [-0.05, 0) is 25.0 Å². The van der Waals surface area contributed by atoms with Crippen molar-refractivity contribution in [2.24, 2.45) is 0 Å². The van der Waals surface area contributed by atoms with Crippen LogP contribution < -0.4 is 4.74 Å². The van der Waals surface area contributed by atoms with E-state index >= 15 is 0 Å². The molecule has 1 saturated carbocycles. The number of amides is 1. The smallest absolute Gasteiger partial charge is 0.343 e. The number of hydrogen-bond acceptors (Lipinski definition) is 4. The number of carbonyl (C=O) groups is 1. The van der Waals surface area contributed by atoms with E-state index in [2.05, 4.69) is 4.98 Å². The lowest BCUT2D eigenvalue weighted by Crippen LogP contribution is -2.39. The van der Waals surface area contributed by atoms with E-state index in [4.69, 9.17) is 4.74 Å². The molecule has 0 spiro atoms. The Kier molecular flexibility index (Phi) is 3.18. The molecule has 1 aliphatic heterocycles. The van der Waals surface area contributed by atoms with Crippen LogP contribution in [0.4, 0.5) is 4.79 Å². The van der Waals surface area contributed by atoms with Crippen molar-refractivity contribution in [2.75, 3.05) is 7.11 Å². The van der Waals surface area contributed by atoms with Gasteiger partial charge in [0.15, 0.2) is 11.0 Å². The van der Waals surface area contributed by atoms with Gasteiger partial charge in [0.2, 0.25) is 5.16 Å². The van der Waals surface area contributed by atoms with E-state index < -0.39 is 11.0 Å². The maximum absolute atomic E-state index is 12.8. The highest BCUT2D eigenvalue weighted by Gasteiger charge is 2.42. The molecule has 22 heavy (non-hydrogen) atoms. The molecule has 1 unspecified atom stereocenters. The third kappa shape index (κ3) is 1.88. The summed E-state index contributed by atoms with van der Waals surface area (Å²) in [6.45, 7) is 0. The molecule has 1 aromatic heterocycles. The van der Waals surface area contributed by atoms with E-state index in [9.17, 15) is 9.00 Å². The van der Waals surface area contributed by atoms with Crippen LogP contribution >= 0.6 is 0 Å². The Labute approximate surface area is 130 Å². The van der Waals surface area contributed by atoms with Gasteiger partial charge >= 0.3 is 6.03 Å². The zero-order valence-electron chi connectivity index (χ0n) is 12.3. The maximum atomic E-state index is 12.8. The van der Waals surface area contributed by atoms with Crippen molar-refractivity contribution < 1.29 is 13.7 Å². The van der Waals surface area contributed by atoms with Crippen LogP contribution in [0.2, 0.25) is 0 Å². The fourth-order valence-corrected chi connectivity index (χ4v) is 4.72. The molecule has 116 valence electrons. The number of hydrogen-bond donors (Lipinski definition) is 0. The van der Waals surface area contributed by atoms with Crippen LogP contribution in [-0.2, 0) is 11.0 Å². The number of aromatic nitrogens is 2. The summed E-state index contributed by atoms with van der Waals surface area (Å²) in [6.07, 6.45) is 5.22. The van der Waals surface area contributed by atoms with Gasteiger partial charge in [0.25, 0.3) is 0 Å². The summed E-state index contributed by atoms with van der Waals surface area (Å²) in [6, 6.07) is 5.20. The Bertz CT molecular complexity index is 780. The summed E-state index contributed by atoms with van der Waals surface area (Å²) in [5.74, 6) is 0.673. The summed E-state index contributed by atoms with van der Waals surface area (Å²) in [7, 11) is 0.0728. The quantitative estimate of drug-likeness (QED) is 0.853. The zero-order valence-corrected chi connectivity index (χ0v) is 13.1. The first-order chi connectivity index (χ1) is 10.7. The first kappa shape index (κ1) is 13.8. The molecule has 0 bridgehead atoms. The second-order valence-electron chi connectivity index (χ2n) is 5.73. The number of ether oxygens (including phenoxy) is 1. The predicted molar refractivity (Wildman–Crippen MR) is 82.2 cm³/mol. The second-order valence-corrected chi connectivity index (χ2v) is 6.99. The SMILES string of the molecule is COc1ccc2c(c1)nc1n2C(=O)N(C2CCCCC2)S1=O. The standard InChI is InChI=1S/C15H17N3O3S/c1-21-11-7-8-13-12(9-11)16-14-17(13)15(19)18(22(14)20)10-5-3-2-4-6-10/h7-10H,2-6H2,1H3. The summed E-state index contributed by atoms with van der Waals surface area (Å²) in [5, 5.41) is 0.332. The molecule has 1 aromatic carbocycles. The van der Waals surface area contributed by atoms with E-state index in [0.717, 1.165) is 25.7 Å². The van der Waals surface area contributed by atoms with Gasteiger partial charge in [0.1, 0.15) is 5.75 Å². The van der Waals surface area contributed by atoms with Crippen molar-refractivity contribution in [3.63, 3.8) is 0 Å². The number of methoxy groups -OCH3 is 1. The Morgan fingerprint density at radius 2 is 2.05 bits per heavy atom. The van der Waals surface area contributed by atoms with Crippen LogP contribution in [0.15, 0.2) is 23.4 Å². The third-order valence-electron chi connectivity index (χ3n) is 4.45. The molecular formula is C15H17N3O3S. The van der Waals surface area contributed by atoms with Crippen LogP contribution in [0.5, 0.6) is 5.75 Å². The van der Waals surface area contributed by atoms with Crippen molar-refractivity contribution in [1.82, 2.24) is 13.9 Å². The molecule has 1 fully saturated rings. The normalized spacial score (nSPS) is 22.3. The fourth-order valence-electron chi connectivity index (χ4n) is 3.33. The number of imidazole rings is 1. The van der Waals surface area contributed by atoms with Crippen LogP contribution in [0.1, 0.15) is 32.1 Å². The highest BCUT2D eigenvalue weighted by atomic mass is 32.2. The van der Waals surface area contributed by atoms with Gasteiger partial charge in [0.05, 0.1) is 18.1 Å². The zero-order chi connectivity index (χ0) is 15.3.